The average molecular weight is 955 g/mol. The maximum absolute atomic E-state index is 14.4. The van der Waals surface area contributed by atoms with E-state index in [0.29, 0.717) is 6.07 Å². The van der Waals surface area contributed by atoms with Gasteiger partial charge in [0.15, 0.2) is 0 Å². The summed E-state index contributed by atoms with van der Waals surface area (Å²) < 4.78 is 10.0. The smallest absolute Gasteiger partial charge is 0.347 e. The summed E-state index contributed by atoms with van der Waals surface area (Å²) in [5, 5.41) is 78.7. The number of carbonyl (C=O) groups is 12. The van der Waals surface area contributed by atoms with Crippen molar-refractivity contribution in [3.05, 3.63) is 176 Å². The topological polar surface area (TPSA) is 385 Å². The predicted molar refractivity (Wildman–Crippen MR) is 231 cm³/mol. The predicted octanol–water partition coefficient (Wildman–Crippen LogP) is 6.27. The molecule has 0 atom stereocenters. The highest BCUT2D eigenvalue weighted by molar-refractivity contribution is 6.21. The van der Waals surface area contributed by atoms with E-state index < -0.39 is 144 Å². The Morgan fingerprint density at radius 1 is 0.257 bits per heavy atom. The molecule has 0 heterocycles. The average Bonchev–Trinajstić information content (AvgIpc) is 3.32. The number of aromatic carboxylic acids is 8. The minimum Gasteiger partial charge on any atom is -0.478 e. The normalized spacial score (nSPS) is 10.6. The Morgan fingerprint density at radius 3 is 0.900 bits per heavy atom. The molecule has 8 N–H and O–H groups in total. The SMILES string of the molecule is O=C(O)c1ccc(-c2ccc(C(=O)O)c(C(=O)OC(=O)c3c(-c4ccccc4)cc(C(=O)O)c(C(=O)O)c3C(=O)OC(=O)c3cc(-c4ccc(C(=O)O)c(C(=O)O)c4)ccc3C(=O)O)c2)cc1C(=O)O. The zero-order chi connectivity index (χ0) is 51.5. The van der Waals surface area contributed by atoms with Crippen LogP contribution in [0.5, 0.6) is 0 Å². The van der Waals surface area contributed by atoms with E-state index >= 15 is 0 Å². The molecule has 0 aromatic heterocycles. The fraction of sp³-hybridized carbons (Fsp3) is 0. The Morgan fingerprint density at radius 2 is 0.571 bits per heavy atom. The molecular weight excluding hydrogens is 929 g/mol. The van der Waals surface area contributed by atoms with Crippen LogP contribution in [-0.4, -0.2) is 112 Å². The van der Waals surface area contributed by atoms with Crippen molar-refractivity contribution >= 4 is 71.6 Å². The van der Waals surface area contributed by atoms with Crippen LogP contribution in [0, 0.1) is 0 Å². The van der Waals surface area contributed by atoms with Crippen LogP contribution in [0.1, 0.15) is 124 Å². The number of benzene rings is 6. The standard InChI is InChI=1S/C48H26O22/c49-37(50)24-10-6-20(14-29(24)41(57)58)22-8-12-26(39(53)54)31(16-22)45(65)69-47(67)35-28(19-4-2-1-3-5-19)18-33(43(61)62)34(44(63)64)36(35)48(68)70-46(66)32-17-23(9-13-27(32)40(55)56)21-7-11-25(38(51)52)30(15-21)42(59)60/h1-18H,(H,49,50)(H,51,52)(H,53,54)(H,55,56)(H,57,58)(H,59,60)(H,61,62)(H,63,64). The molecule has 0 bridgehead atoms. The maximum atomic E-state index is 14.4. The van der Waals surface area contributed by atoms with Crippen molar-refractivity contribution in [2.75, 3.05) is 0 Å². The largest absolute Gasteiger partial charge is 0.478 e. The van der Waals surface area contributed by atoms with Crippen molar-refractivity contribution in [2.45, 2.75) is 0 Å². The first-order valence-corrected chi connectivity index (χ1v) is 19.2. The molecule has 0 spiro atoms. The first kappa shape index (κ1) is 48.8. The third-order valence-electron chi connectivity index (χ3n) is 10.2. The summed E-state index contributed by atoms with van der Waals surface area (Å²) in [6.07, 6.45) is 0. The van der Waals surface area contributed by atoms with E-state index in [9.17, 15) is 98.4 Å². The van der Waals surface area contributed by atoms with Gasteiger partial charge in [-0.25, -0.2) is 57.5 Å². The van der Waals surface area contributed by atoms with Gasteiger partial charge in [-0.2, -0.15) is 0 Å². The van der Waals surface area contributed by atoms with E-state index in [1.807, 2.05) is 0 Å². The first-order valence-electron chi connectivity index (χ1n) is 19.2. The van der Waals surface area contributed by atoms with Gasteiger partial charge in [-0.3, -0.25) is 0 Å². The lowest BCUT2D eigenvalue weighted by Crippen LogP contribution is -2.26. The molecule has 22 nitrogen and oxygen atoms in total. The monoisotopic (exact) mass is 954 g/mol. The highest BCUT2D eigenvalue weighted by atomic mass is 16.6. The van der Waals surface area contributed by atoms with Gasteiger partial charge in [0.05, 0.1) is 66.8 Å². The van der Waals surface area contributed by atoms with Crippen molar-refractivity contribution in [1.82, 2.24) is 0 Å². The number of carboxylic acids is 8. The van der Waals surface area contributed by atoms with Gasteiger partial charge in [0, 0.05) is 0 Å². The van der Waals surface area contributed by atoms with E-state index in [0.717, 1.165) is 72.8 Å². The summed E-state index contributed by atoms with van der Waals surface area (Å²) >= 11 is 0. The summed E-state index contributed by atoms with van der Waals surface area (Å²) in [6, 6.07) is 18.2. The molecule has 350 valence electrons. The second-order valence-corrected chi connectivity index (χ2v) is 14.3. The zero-order valence-electron chi connectivity index (χ0n) is 34.7. The lowest BCUT2D eigenvalue weighted by atomic mass is 9.88. The second kappa shape index (κ2) is 19.4. The van der Waals surface area contributed by atoms with Gasteiger partial charge in [-0.15, -0.1) is 0 Å². The van der Waals surface area contributed by atoms with Gasteiger partial charge < -0.3 is 50.3 Å². The first-order chi connectivity index (χ1) is 33.0. The molecule has 6 aromatic carbocycles. The van der Waals surface area contributed by atoms with E-state index in [1.54, 1.807) is 0 Å². The minimum absolute atomic E-state index is 0.0890. The quantitative estimate of drug-likeness (QED) is 0.0415. The molecule has 0 aliphatic heterocycles. The molecule has 6 aromatic rings. The van der Waals surface area contributed by atoms with Crippen molar-refractivity contribution in [1.29, 1.82) is 0 Å². The van der Waals surface area contributed by atoms with Crippen LogP contribution in [-0.2, 0) is 9.47 Å². The molecule has 0 saturated heterocycles. The molecule has 0 unspecified atom stereocenters. The number of hydrogen-bond acceptors (Lipinski definition) is 14. The summed E-state index contributed by atoms with van der Waals surface area (Å²) in [5.41, 5.74) is -13.3. The number of hydrogen-bond donors (Lipinski definition) is 8. The molecule has 0 amide bonds. The van der Waals surface area contributed by atoms with Gasteiger partial charge in [0.1, 0.15) is 0 Å². The third kappa shape index (κ3) is 9.66. The fourth-order valence-electron chi connectivity index (χ4n) is 7.05. The van der Waals surface area contributed by atoms with Crippen molar-refractivity contribution < 1.29 is 108 Å². The highest BCUT2D eigenvalue weighted by Gasteiger charge is 2.37. The van der Waals surface area contributed by atoms with Crippen molar-refractivity contribution in [2.24, 2.45) is 0 Å². The Kier molecular flexibility index (Phi) is 13.6. The van der Waals surface area contributed by atoms with Gasteiger partial charge in [-0.05, 0) is 88.0 Å². The Bertz CT molecular complexity index is 3360. The van der Waals surface area contributed by atoms with Gasteiger partial charge in [0.2, 0.25) is 0 Å². The fourth-order valence-corrected chi connectivity index (χ4v) is 7.05. The Labute approximate surface area is 388 Å². The Hall–Kier alpha value is -10.6. The number of rotatable bonds is 15. The van der Waals surface area contributed by atoms with Crippen LogP contribution in [0.25, 0.3) is 33.4 Å². The van der Waals surface area contributed by atoms with E-state index in [2.05, 4.69) is 0 Å². The van der Waals surface area contributed by atoms with Crippen LogP contribution < -0.4 is 0 Å². The minimum atomic E-state index is -2.25. The summed E-state index contributed by atoms with van der Waals surface area (Å²) in [7, 11) is 0. The summed E-state index contributed by atoms with van der Waals surface area (Å²) in [6.45, 7) is 0. The van der Waals surface area contributed by atoms with Gasteiger partial charge in [-0.1, -0.05) is 54.6 Å². The molecular formula is C48H26O22. The lowest BCUT2D eigenvalue weighted by molar-refractivity contribution is 0.0352. The van der Waals surface area contributed by atoms with Crippen LogP contribution in [0.4, 0.5) is 0 Å². The second-order valence-electron chi connectivity index (χ2n) is 14.3. The summed E-state index contributed by atoms with van der Waals surface area (Å²) in [5.74, 6) is -22.4. The molecule has 0 radical (unpaired) electrons. The number of carbonyl (C=O) groups excluding carboxylic acids is 4. The molecule has 22 heteroatoms. The van der Waals surface area contributed by atoms with Crippen LogP contribution in [0.3, 0.4) is 0 Å². The molecule has 0 fully saturated rings. The summed E-state index contributed by atoms with van der Waals surface area (Å²) in [4.78, 5) is 154. The van der Waals surface area contributed by atoms with E-state index in [-0.39, 0.29) is 27.8 Å². The highest BCUT2D eigenvalue weighted by Crippen LogP contribution is 2.35. The van der Waals surface area contributed by atoms with Gasteiger partial charge >= 0.3 is 71.6 Å². The van der Waals surface area contributed by atoms with Gasteiger partial charge in [0.25, 0.3) is 0 Å². The van der Waals surface area contributed by atoms with Crippen LogP contribution in [0.15, 0.2) is 109 Å². The van der Waals surface area contributed by atoms with Crippen molar-refractivity contribution in [3.63, 3.8) is 0 Å². The number of carboxylic acid groups (broad SMARTS) is 8. The molecule has 70 heavy (non-hydrogen) atoms. The lowest BCUT2D eigenvalue weighted by Gasteiger charge is -2.18. The molecule has 0 aliphatic rings. The molecule has 0 saturated carbocycles. The van der Waals surface area contributed by atoms with Crippen LogP contribution >= 0.6 is 0 Å². The zero-order valence-corrected chi connectivity index (χ0v) is 34.7. The molecule has 0 aliphatic carbocycles. The van der Waals surface area contributed by atoms with Crippen molar-refractivity contribution in [3.8, 4) is 33.4 Å². The number of esters is 4. The molecule has 6 rings (SSSR count). The van der Waals surface area contributed by atoms with E-state index in [4.69, 9.17) is 9.47 Å². The third-order valence-corrected chi connectivity index (χ3v) is 10.2. The Balaban J connectivity index is 1.52. The maximum Gasteiger partial charge on any atom is 0.347 e. The van der Waals surface area contributed by atoms with E-state index in [1.165, 1.54) is 30.3 Å². The number of ether oxygens (including phenoxy) is 2. The van der Waals surface area contributed by atoms with Crippen LogP contribution in [0.2, 0.25) is 0 Å².